The van der Waals surface area contributed by atoms with Crippen LogP contribution in [-0.2, 0) is 14.3 Å². The summed E-state index contributed by atoms with van der Waals surface area (Å²) >= 11 is 3.33. The number of hydrogen-bond donors (Lipinski definition) is 0. The number of methoxy groups -OCH3 is 1. The van der Waals surface area contributed by atoms with Gasteiger partial charge in [-0.15, -0.1) is 0 Å². The zero-order valence-electron chi connectivity index (χ0n) is 13.2. The van der Waals surface area contributed by atoms with Gasteiger partial charge < -0.3 is 9.47 Å². The van der Waals surface area contributed by atoms with Gasteiger partial charge in [0.2, 0.25) is 0 Å². The highest BCUT2D eigenvalue weighted by Crippen LogP contribution is 2.21. The molecule has 9 heteroatoms. The van der Waals surface area contributed by atoms with E-state index in [0.29, 0.717) is 10.1 Å². The number of aromatic nitrogens is 3. The summed E-state index contributed by atoms with van der Waals surface area (Å²) in [6.07, 6.45) is 2.54. The zero-order chi connectivity index (χ0) is 17.2. The molecule has 2 aromatic heterocycles. The number of amides is 1. The fraction of sp³-hybridized carbons (Fsp3) is 0.429. The van der Waals surface area contributed by atoms with Gasteiger partial charge in [-0.3, -0.25) is 9.69 Å². The number of esters is 1. The Morgan fingerprint density at radius 2 is 2.09 bits per heavy atom. The molecule has 0 radical (unpaired) electrons. The summed E-state index contributed by atoms with van der Waals surface area (Å²) in [5, 5.41) is 4.08. The molecule has 0 atom stereocenters. The third-order valence-electron chi connectivity index (χ3n) is 2.72. The van der Waals surface area contributed by atoms with Crippen molar-refractivity contribution in [1.29, 1.82) is 0 Å². The SMILES string of the molecule is COC(=O)CN(C(=O)OC(C)(C)C)c1ccn2ncc(Br)c2n1. The number of nitrogens with zero attached hydrogens (tertiary/aromatic N) is 4. The van der Waals surface area contributed by atoms with Crippen molar-refractivity contribution in [3.63, 3.8) is 0 Å². The summed E-state index contributed by atoms with van der Waals surface area (Å²) in [6, 6.07) is 1.57. The molecule has 23 heavy (non-hydrogen) atoms. The molecule has 1 amide bonds. The first kappa shape index (κ1) is 17.2. The first-order valence-corrected chi connectivity index (χ1v) is 7.58. The molecule has 0 saturated carbocycles. The molecule has 0 N–H and O–H groups in total. The van der Waals surface area contributed by atoms with Crippen molar-refractivity contribution in [2.75, 3.05) is 18.6 Å². The van der Waals surface area contributed by atoms with E-state index in [0.717, 1.165) is 4.90 Å². The maximum atomic E-state index is 12.4. The van der Waals surface area contributed by atoms with Gasteiger partial charge in [-0.2, -0.15) is 5.10 Å². The lowest BCUT2D eigenvalue weighted by molar-refractivity contribution is -0.139. The van der Waals surface area contributed by atoms with Crippen LogP contribution in [0.15, 0.2) is 22.9 Å². The molecule has 0 aliphatic rings. The Balaban J connectivity index is 2.39. The van der Waals surface area contributed by atoms with Crippen molar-refractivity contribution in [1.82, 2.24) is 14.6 Å². The van der Waals surface area contributed by atoms with E-state index in [9.17, 15) is 9.59 Å². The number of hydrogen-bond acceptors (Lipinski definition) is 6. The molecule has 0 fully saturated rings. The monoisotopic (exact) mass is 384 g/mol. The lowest BCUT2D eigenvalue weighted by Gasteiger charge is -2.26. The number of carbonyl (C=O) groups is 2. The van der Waals surface area contributed by atoms with Crippen LogP contribution >= 0.6 is 15.9 Å². The highest BCUT2D eigenvalue weighted by atomic mass is 79.9. The molecule has 0 spiro atoms. The topological polar surface area (TPSA) is 86.0 Å². The summed E-state index contributed by atoms with van der Waals surface area (Å²) in [6.45, 7) is 4.92. The van der Waals surface area contributed by atoms with E-state index in [1.165, 1.54) is 7.11 Å². The summed E-state index contributed by atoms with van der Waals surface area (Å²) in [5.74, 6) is -0.316. The van der Waals surface area contributed by atoms with Crippen molar-refractivity contribution < 1.29 is 19.1 Å². The summed E-state index contributed by atoms with van der Waals surface area (Å²) in [4.78, 5) is 29.5. The van der Waals surface area contributed by atoms with Crippen LogP contribution in [0.4, 0.5) is 10.6 Å². The van der Waals surface area contributed by atoms with Crippen molar-refractivity contribution >= 4 is 39.5 Å². The van der Waals surface area contributed by atoms with Gasteiger partial charge in [-0.05, 0) is 42.8 Å². The first-order chi connectivity index (χ1) is 10.7. The highest BCUT2D eigenvalue weighted by Gasteiger charge is 2.27. The zero-order valence-corrected chi connectivity index (χ0v) is 14.8. The average Bonchev–Trinajstić information content (AvgIpc) is 2.83. The molecule has 0 aliphatic carbocycles. The second kappa shape index (κ2) is 6.53. The Kier molecular flexibility index (Phi) is 4.88. The first-order valence-electron chi connectivity index (χ1n) is 6.78. The molecular formula is C14H17BrN4O4. The predicted molar refractivity (Wildman–Crippen MR) is 86.3 cm³/mol. The van der Waals surface area contributed by atoms with Crippen LogP contribution in [0, 0.1) is 0 Å². The Morgan fingerprint density at radius 3 is 2.70 bits per heavy atom. The predicted octanol–water partition coefficient (Wildman–Crippen LogP) is 2.41. The number of rotatable bonds is 3. The Labute approximate surface area is 141 Å². The van der Waals surface area contributed by atoms with E-state index in [4.69, 9.17) is 4.74 Å². The lowest BCUT2D eigenvalue weighted by atomic mass is 10.2. The lowest BCUT2D eigenvalue weighted by Crippen LogP contribution is -2.40. The van der Waals surface area contributed by atoms with E-state index in [1.807, 2.05) is 0 Å². The van der Waals surface area contributed by atoms with Gasteiger partial charge >= 0.3 is 12.1 Å². The molecule has 2 heterocycles. The van der Waals surface area contributed by atoms with Gasteiger partial charge in [-0.1, -0.05) is 0 Å². The minimum absolute atomic E-state index is 0.262. The van der Waals surface area contributed by atoms with Crippen LogP contribution in [-0.4, -0.2) is 45.9 Å². The highest BCUT2D eigenvalue weighted by molar-refractivity contribution is 9.10. The summed E-state index contributed by atoms with van der Waals surface area (Å²) < 4.78 is 12.2. The van der Waals surface area contributed by atoms with Crippen molar-refractivity contribution in [2.45, 2.75) is 26.4 Å². The van der Waals surface area contributed by atoms with Crippen molar-refractivity contribution in [3.05, 3.63) is 22.9 Å². The molecule has 8 nitrogen and oxygen atoms in total. The maximum absolute atomic E-state index is 12.4. The number of fused-ring (bicyclic) bond motifs is 1. The minimum atomic E-state index is -0.702. The molecule has 2 rings (SSSR count). The van der Waals surface area contributed by atoms with Crippen LogP contribution in [0.3, 0.4) is 0 Å². The van der Waals surface area contributed by atoms with E-state index >= 15 is 0 Å². The molecule has 0 saturated heterocycles. The molecule has 0 bridgehead atoms. The van der Waals surface area contributed by atoms with Crippen molar-refractivity contribution in [3.8, 4) is 0 Å². The third-order valence-corrected chi connectivity index (χ3v) is 3.28. The number of carbonyl (C=O) groups excluding carboxylic acids is 2. The molecule has 0 aliphatic heterocycles. The van der Waals surface area contributed by atoms with Gasteiger partial charge in [0.1, 0.15) is 18.0 Å². The second-order valence-electron chi connectivity index (χ2n) is 5.69. The molecule has 0 unspecified atom stereocenters. The Bertz CT molecular complexity index is 738. The quantitative estimate of drug-likeness (QED) is 0.755. The maximum Gasteiger partial charge on any atom is 0.416 e. The third kappa shape index (κ3) is 4.19. The van der Waals surface area contributed by atoms with Crippen LogP contribution in [0.5, 0.6) is 0 Å². The molecule has 0 aromatic carbocycles. The van der Waals surface area contributed by atoms with E-state index in [-0.39, 0.29) is 12.4 Å². The van der Waals surface area contributed by atoms with Gasteiger partial charge in [-0.25, -0.2) is 14.3 Å². The van der Waals surface area contributed by atoms with E-state index in [1.54, 1.807) is 43.7 Å². The normalized spacial score (nSPS) is 11.3. The van der Waals surface area contributed by atoms with Gasteiger partial charge in [0.25, 0.3) is 0 Å². The van der Waals surface area contributed by atoms with Gasteiger partial charge in [0, 0.05) is 6.20 Å². The van der Waals surface area contributed by atoms with Crippen LogP contribution in [0.2, 0.25) is 0 Å². The Hall–Kier alpha value is -2.16. The number of halogens is 1. The van der Waals surface area contributed by atoms with Crippen molar-refractivity contribution in [2.24, 2.45) is 0 Å². The van der Waals surface area contributed by atoms with Crippen LogP contribution in [0.25, 0.3) is 5.65 Å². The Morgan fingerprint density at radius 1 is 1.39 bits per heavy atom. The standard InChI is InChI=1S/C14H17BrN4O4/c1-14(2,3)23-13(21)18(8-11(20)22-4)10-5-6-19-12(17-10)9(15)7-16-19/h5-7H,8H2,1-4H3. The van der Waals surface area contributed by atoms with Crippen LogP contribution in [0.1, 0.15) is 20.8 Å². The fourth-order valence-corrected chi connectivity index (χ4v) is 2.09. The van der Waals surface area contributed by atoms with Gasteiger partial charge in [0.05, 0.1) is 17.8 Å². The minimum Gasteiger partial charge on any atom is -0.468 e. The smallest absolute Gasteiger partial charge is 0.416 e. The van der Waals surface area contributed by atoms with Gasteiger partial charge in [0.15, 0.2) is 5.65 Å². The summed E-state index contributed by atoms with van der Waals surface area (Å²) in [7, 11) is 1.25. The second-order valence-corrected chi connectivity index (χ2v) is 6.54. The summed E-state index contributed by atoms with van der Waals surface area (Å²) in [5.41, 5.74) is -0.187. The van der Waals surface area contributed by atoms with E-state index in [2.05, 4.69) is 30.7 Å². The average molecular weight is 385 g/mol. The molecular weight excluding hydrogens is 368 g/mol. The van der Waals surface area contributed by atoms with E-state index < -0.39 is 17.7 Å². The number of anilines is 1. The fourth-order valence-electron chi connectivity index (χ4n) is 1.73. The molecule has 124 valence electrons. The van der Waals surface area contributed by atoms with Crippen LogP contribution < -0.4 is 4.90 Å². The molecule has 2 aromatic rings. The number of ether oxygens (including phenoxy) is 2. The largest absolute Gasteiger partial charge is 0.468 e.